The molecular weight excluding hydrogens is 230 g/mol. The highest BCUT2D eigenvalue weighted by Crippen LogP contribution is 2.40. The second-order valence-electron chi connectivity index (χ2n) is 4.23. The number of imide groups is 1. The van der Waals surface area contributed by atoms with E-state index in [-0.39, 0.29) is 12.0 Å². The van der Waals surface area contributed by atoms with Crippen LogP contribution in [0, 0.1) is 11.6 Å². The highest BCUT2D eigenvalue weighted by atomic mass is 19.1. The van der Waals surface area contributed by atoms with Crippen molar-refractivity contribution in [2.45, 2.75) is 18.4 Å². The average Bonchev–Trinajstić information content (AvgIpc) is 2.71. The Morgan fingerprint density at radius 3 is 2.65 bits per heavy atom. The van der Waals surface area contributed by atoms with Crippen LogP contribution in [0.15, 0.2) is 12.1 Å². The molecule has 1 unspecified atom stereocenters. The van der Waals surface area contributed by atoms with Crippen molar-refractivity contribution in [2.24, 2.45) is 0 Å². The summed E-state index contributed by atoms with van der Waals surface area (Å²) in [7, 11) is 0. The Hall–Kier alpha value is -1.98. The monoisotopic (exact) mass is 238 g/mol. The zero-order chi connectivity index (χ0) is 12.2. The number of hydrogen-bond acceptors (Lipinski definition) is 2. The molecule has 1 aliphatic carbocycles. The fourth-order valence-corrected chi connectivity index (χ4v) is 2.54. The van der Waals surface area contributed by atoms with E-state index >= 15 is 0 Å². The molecule has 1 aromatic rings. The molecule has 3 rings (SSSR count). The molecule has 0 bridgehead atoms. The quantitative estimate of drug-likeness (QED) is 0.661. The van der Waals surface area contributed by atoms with Gasteiger partial charge in [-0.05, 0) is 30.0 Å². The number of urea groups is 1. The lowest BCUT2D eigenvalue weighted by atomic mass is 9.92. The summed E-state index contributed by atoms with van der Waals surface area (Å²) in [6, 6.07) is 1.26. The van der Waals surface area contributed by atoms with E-state index in [4.69, 9.17) is 0 Å². The van der Waals surface area contributed by atoms with Crippen molar-refractivity contribution < 1.29 is 18.4 Å². The van der Waals surface area contributed by atoms with Gasteiger partial charge in [-0.1, -0.05) is 0 Å². The maximum absolute atomic E-state index is 13.5. The van der Waals surface area contributed by atoms with E-state index < -0.39 is 29.1 Å². The first-order chi connectivity index (χ1) is 8.03. The number of halogens is 2. The van der Waals surface area contributed by atoms with Gasteiger partial charge < -0.3 is 5.32 Å². The third kappa shape index (κ3) is 1.20. The summed E-state index contributed by atoms with van der Waals surface area (Å²) >= 11 is 0. The molecule has 6 heteroatoms. The summed E-state index contributed by atoms with van der Waals surface area (Å²) in [5.74, 6) is -1.98. The highest BCUT2D eigenvalue weighted by Gasteiger charge is 2.52. The molecule has 1 saturated heterocycles. The van der Waals surface area contributed by atoms with Crippen LogP contribution in [0.25, 0.3) is 0 Å². The van der Waals surface area contributed by atoms with Gasteiger partial charge in [0.2, 0.25) is 0 Å². The van der Waals surface area contributed by atoms with E-state index in [1.165, 1.54) is 0 Å². The molecule has 88 valence electrons. The maximum atomic E-state index is 13.5. The second-order valence-corrected chi connectivity index (χ2v) is 4.23. The van der Waals surface area contributed by atoms with Gasteiger partial charge in [-0.3, -0.25) is 10.1 Å². The van der Waals surface area contributed by atoms with Gasteiger partial charge in [0.15, 0.2) is 0 Å². The molecule has 3 amide bonds. The van der Waals surface area contributed by atoms with Crippen molar-refractivity contribution in [1.29, 1.82) is 0 Å². The summed E-state index contributed by atoms with van der Waals surface area (Å²) in [4.78, 5) is 22.9. The lowest BCUT2D eigenvalue weighted by Gasteiger charge is -2.20. The largest absolute Gasteiger partial charge is 0.322 e. The first-order valence-corrected chi connectivity index (χ1v) is 5.15. The van der Waals surface area contributed by atoms with E-state index in [9.17, 15) is 18.4 Å². The van der Waals surface area contributed by atoms with Crippen LogP contribution in [-0.2, 0) is 16.8 Å². The van der Waals surface area contributed by atoms with Crippen molar-refractivity contribution in [3.05, 3.63) is 34.9 Å². The number of fused-ring (bicyclic) bond motifs is 2. The fraction of sp³-hybridized carbons (Fsp3) is 0.273. The Labute approximate surface area is 95.0 Å². The smallest absolute Gasteiger partial charge is 0.319 e. The second kappa shape index (κ2) is 3.03. The van der Waals surface area contributed by atoms with Gasteiger partial charge in [-0.2, -0.15) is 0 Å². The lowest BCUT2D eigenvalue weighted by molar-refractivity contribution is -0.124. The minimum atomic E-state index is -1.30. The normalized spacial score (nSPS) is 26.0. The summed E-state index contributed by atoms with van der Waals surface area (Å²) in [5, 5.41) is 4.55. The van der Waals surface area contributed by atoms with Gasteiger partial charge >= 0.3 is 6.03 Å². The molecule has 0 saturated carbocycles. The third-order valence-corrected chi connectivity index (χ3v) is 3.31. The maximum Gasteiger partial charge on any atom is 0.322 e. The van der Waals surface area contributed by atoms with Gasteiger partial charge in [0, 0.05) is 6.07 Å². The molecule has 17 heavy (non-hydrogen) atoms. The average molecular weight is 238 g/mol. The number of carbonyl (C=O) groups is 2. The summed E-state index contributed by atoms with van der Waals surface area (Å²) in [6.07, 6.45) is 0.551. The number of nitrogens with one attached hydrogen (secondary N) is 2. The van der Waals surface area contributed by atoms with E-state index in [2.05, 4.69) is 10.6 Å². The Balaban J connectivity index is 2.22. The van der Waals surface area contributed by atoms with Crippen LogP contribution >= 0.6 is 0 Å². The van der Waals surface area contributed by atoms with Gasteiger partial charge in [-0.25, -0.2) is 13.6 Å². The van der Waals surface area contributed by atoms with Gasteiger partial charge in [-0.15, -0.1) is 0 Å². The highest BCUT2D eigenvalue weighted by molar-refractivity contribution is 6.08. The van der Waals surface area contributed by atoms with Crippen LogP contribution in [-0.4, -0.2) is 11.9 Å². The van der Waals surface area contributed by atoms with Crippen LogP contribution < -0.4 is 10.6 Å². The van der Waals surface area contributed by atoms with E-state index in [1.807, 2.05) is 0 Å². The molecule has 1 heterocycles. The van der Waals surface area contributed by atoms with Crippen molar-refractivity contribution >= 4 is 11.9 Å². The Morgan fingerprint density at radius 1 is 1.24 bits per heavy atom. The van der Waals surface area contributed by atoms with Crippen molar-refractivity contribution in [2.75, 3.05) is 0 Å². The molecular formula is C11H8F2N2O2. The van der Waals surface area contributed by atoms with E-state index in [0.29, 0.717) is 12.0 Å². The SMILES string of the molecule is O=C1NC(=O)C2(CCc3c(F)cc(F)cc32)N1. The van der Waals surface area contributed by atoms with Crippen LogP contribution in [0.3, 0.4) is 0 Å². The summed E-state index contributed by atoms with van der Waals surface area (Å²) < 4.78 is 26.7. The topological polar surface area (TPSA) is 58.2 Å². The molecule has 1 aromatic carbocycles. The fourth-order valence-electron chi connectivity index (χ4n) is 2.54. The standard InChI is InChI=1S/C11H8F2N2O2/c12-5-3-7-6(8(13)4-5)1-2-11(7)9(16)14-10(17)15-11/h3-4H,1-2H2,(H2,14,15,16,17). The third-order valence-electron chi connectivity index (χ3n) is 3.31. The molecule has 1 atom stereocenters. The van der Waals surface area contributed by atoms with E-state index in [1.54, 1.807) is 0 Å². The number of amides is 3. The van der Waals surface area contributed by atoms with Crippen molar-refractivity contribution in [1.82, 2.24) is 10.6 Å². The predicted molar refractivity (Wildman–Crippen MR) is 53.0 cm³/mol. The number of benzene rings is 1. The van der Waals surface area contributed by atoms with Crippen molar-refractivity contribution in [3.8, 4) is 0 Å². The first kappa shape index (κ1) is 10.2. The Kier molecular flexibility index (Phi) is 1.81. The summed E-state index contributed by atoms with van der Waals surface area (Å²) in [6.45, 7) is 0. The van der Waals surface area contributed by atoms with Crippen molar-refractivity contribution in [3.63, 3.8) is 0 Å². The lowest BCUT2D eigenvalue weighted by Crippen LogP contribution is -2.41. The zero-order valence-corrected chi connectivity index (χ0v) is 8.64. The Bertz CT molecular complexity index is 559. The molecule has 1 fully saturated rings. The minimum Gasteiger partial charge on any atom is -0.319 e. The molecule has 2 N–H and O–H groups in total. The van der Waals surface area contributed by atoms with Crippen LogP contribution in [0.1, 0.15) is 17.5 Å². The Morgan fingerprint density at radius 2 is 2.00 bits per heavy atom. The van der Waals surface area contributed by atoms with Gasteiger partial charge in [0.1, 0.15) is 17.2 Å². The number of rotatable bonds is 0. The van der Waals surface area contributed by atoms with E-state index in [0.717, 1.165) is 12.1 Å². The molecule has 0 aromatic heterocycles. The minimum absolute atomic E-state index is 0.221. The molecule has 0 radical (unpaired) electrons. The predicted octanol–water partition coefficient (Wildman–Crippen LogP) is 0.946. The van der Waals surface area contributed by atoms with Crippen LogP contribution in [0.2, 0.25) is 0 Å². The summed E-state index contributed by atoms with van der Waals surface area (Å²) in [5.41, 5.74) is -0.780. The molecule has 1 aliphatic heterocycles. The first-order valence-electron chi connectivity index (χ1n) is 5.15. The number of hydrogen-bond donors (Lipinski definition) is 2. The molecule has 2 aliphatic rings. The van der Waals surface area contributed by atoms with Gasteiger partial charge in [0.25, 0.3) is 5.91 Å². The zero-order valence-electron chi connectivity index (χ0n) is 8.64. The van der Waals surface area contributed by atoms with Crippen LogP contribution in [0.5, 0.6) is 0 Å². The molecule has 1 spiro atoms. The van der Waals surface area contributed by atoms with Gasteiger partial charge in [0.05, 0.1) is 0 Å². The van der Waals surface area contributed by atoms with Crippen LogP contribution in [0.4, 0.5) is 13.6 Å². The number of carbonyl (C=O) groups excluding carboxylic acids is 2. The molecule has 4 nitrogen and oxygen atoms in total.